The van der Waals surface area contributed by atoms with Crippen LogP contribution in [0.1, 0.15) is 12.7 Å². The van der Waals surface area contributed by atoms with E-state index in [0.29, 0.717) is 0 Å². The van der Waals surface area contributed by atoms with E-state index in [0.717, 1.165) is 42.2 Å². The number of hydrogen-bond donors (Lipinski definition) is 1. The standard InChI is InChI=1S/C14H16N6/c1-2-20-10-17-19-14(20)7-8-15-13-9-16-11-5-3-4-6-12(11)18-13/h3-6,9-10H,2,7-8H2,1H3,(H,15,18). The zero-order valence-corrected chi connectivity index (χ0v) is 11.3. The molecule has 0 bridgehead atoms. The van der Waals surface area contributed by atoms with Gasteiger partial charge in [-0.2, -0.15) is 0 Å². The van der Waals surface area contributed by atoms with Crippen molar-refractivity contribution < 1.29 is 0 Å². The summed E-state index contributed by atoms with van der Waals surface area (Å²) in [6, 6.07) is 7.84. The van der Waals surface area contributed by atoms with Crippen molar-refractivity contribution in [2.45, 2.75) is 19.9 Å². The Morgan fingerprint density at radius 2 is 2.05 bits per heavy atom. The first kappa shape index (κ1) is 12.5. The van der Waals surface area contributed by atoms with Crippen molar-refractivity contribution in [3.63, 3.8) is 0 Å². The van der Waals surface area contributed by atoms with E-state index in [1.165, 1.54) is 0 Å². The normalized spacial score (nSPS) is 10.8. The summed E-state index contributed by atoms with van der Waals surface area (Å²) in [4.78, 5) is 8.89. The predicted molar refractivity (Wildman–Crippen MR) is 77.4 cm³/mol. The largest absolute Gasteiger partial charge is 0.368 e. The summed E-state index contributed by atoms with van der Waals surface area (Å²) in [6.45, 7) is 3.72. The van der Waals surface area contributed by atoms with Gasteiger partial charge in [0.1, 0.15) is 18.0 Å². The first-order valence-corrected chi connectivity index (χ1v) is 6.69. The van der Waals surface area contributed by atoms with E-state index in [2.05, 4.69) is 32.4 Å². The molecule has 3 rings (SSSR count). The van der Waals surface area contributed by atoms with Crippen LogP contribution in [0.25, 0.3) is 11.0 Å². The average Bonchev–Trinajstić information content (AvgIpc) is 2.95. The molecule has 3 aromatic rings. The lowest BCUT2D eigenvalue weighted by Gasteiger charge is -2.06. The van der Waals surface area contributed by atoms with Crippen LogP contribution >= 0.6 is 0 Å². The van der Waals surface area contributed by atoms with Crippen LogP contribution in [0.15, 0.2) is 36.8 Å². The molecule has 0 fully saturated rings. The number of benzene rings is 1. The number of aryl methyl sites for hydroxylation is 1. The number of hydrogen-bond acceptors (Lipinski definition) is 5. The van der Waals surface area contributed by atoms with E-state index >= 15 is 0 Å². The highest BCUT2D eigenvalue weighted by Crippen LogP contribution is 2.11. The molecule has 6 nitrogen and oxygen atoms in total. The Balaban J connectivity index is 1.65. The van der Waals surface area contributed by atoms with E-state index in [1.54, 1.807) is 12.5 Å². The zero-order chi connectivity index (χ0) is 13.8. The summed E-state index contributed by atoms with van der Waals surface area (Å²) in [6.07, 6.45) is 4.32. The van der Waals surface area contributed by atoms with E-state index in [-0.39, 0.29) is 0 Å². The Morgan fingerprint density at radius 3 is 2.90 bits per heavy atom. The first-order valence-electron chi connectivity index (χ1n) is 6.69. The van der Waals surface area contributed by atoms with Crippen molar-refractivity contribution in [2.75, 3.05) is 11.9 Å². The molecule has 0 aliphatic carbocycles. The third kappa shape index (κ3) is 2.59. The summed E-state index contributed by atoms with van der Waals surface area (Å²) in [5.41, 5.74) is 1.80. The molecule has 2 aromatic heterocycles. The quantitative estimate of drug-likeness (QED) is 0.765. The highest BCUT2D eigenvalue weighted by atomic mass is 15.3. The molecule has 0 aliphatic heterocycles. The van der Waals surface area contributed by atoms with Gasteiger partial charge in [-0.25, -0.2) is 4.98 Å². The minimum Gasteiger partial charge on any atom is -0.368 e. The molecule has 0 atom stereocenters. The van der Waals surface area contributed by atoms with E-state index in [9.17, 15) is 0 Å². The van der Waals surface area contributed by atoms with Gasteiger partial charge in [-0.1, -0.05) is 12.1 Å². The SMILES string of the molecule is CCn1cnnc1CCNc1cnc2ccccc2n1. The second-order valence-electron chi connectivity index (χ2n) is 4.45. The number of para-hydroxylation sites is 2. The number of aromatic nitrogens is 5. The lowest BCUT2D eigenvalue weighted by molar-refractivity contribution is 0.697. The minimum absolute atomic E-state index is 0.756. The number of fused-ring (bicyclic) bond motifs is 1. The third-order valence-corrected chi connectivity index (χ3v) is 3.14. The maximum absolute atomic E-state index is 4.52. The molecule has 102 valence electrons. The molecule has 0 saturated heterocycles. The molecule has 0 unspecified atom stereocenters. The van der Waals surface area contributed by atoms with Gasteiger partial charge in [0.25, 0.3) is 0 Å². The van der Waals surface area contributed by atoms with Gasteiger partial charge in [-0.05, 0) is 19.1 Å². The van der Waals surface area contributed by atoms with E-state index in [4.69, 9.17) is 0 Å². The summed E-state index contributed by atoms with van der Waals surface area (Å²) < 4.78 is 2.04. The lowest BCUT2D eigenvalue weighted by Crippen LogP contribution is -2.10. The van der Waals surface area contributed by atoms with Gasteiger partial charge >= 0.3 is 0 Å². The van der Waals surface area contributed by atoms with Crippen LogP contribution in [0.2, 0.25) is 0 Å². The molecule has 0 aliphatic rings. The molecule has 1 aromatic carbocycles. The van der Waals surface area contributed by atoms with E-state index < -0.39 is 0 Å². The Morgan fingerprint density at radius 1 is 1.20 bits per heavy atom. The Hall–Kier alpha value is -2.50. The topological polar surface area (TPSA) is 68.5 Å². The van der Waals surface area contributed by atoms with Gasteiger partial charge < -0.3 is 9.88 Å². The second kappa shape index (κ2) is 5.64. The molecular formula is C14H16N6. The average molecular weight is 268 g/mol. The maximum atomic E-state index is 4.52. The van der Waals surface area contributed by atoms with Gasteiger partial charge in [0.05, 0.1) is 17.2 Å². The first-order chi connectivity index (χ1) is 9.86. The van der Waals surface area contributed by atoms with Crippen LogP contribution in [-0.4, -0.2) is 31.3 Å². The van der Waals surface area contributed by atoms with Gasteiger partial charge in [0.15, 0.2) is 0 Å². The van der Waals surface area contributed by atoms with Gasteiger partial charge in [0, 0.05) is 19.5 Å². The van der Waals surface area contributed by atoms with Crippen LogP contribution in [0.3, 0.4) is 0 Å². The molecule has 1 N–H and O–H groups in total. The Bertz CT molecular complexity index is 705. The van der Waals surface area contributed by atoms with Crippen molar-refractivity contribution in [1.29, 1.82) is 0 Å². The van der Waals surface area contributed by atoms with Crippen molar-refractivity contribution in [3.8, 4) is 0 Å². The Labute approximate surface area is 116 Å². The molecule has 0 amide bonds. The molecule has 0 radical (unpaired) electrons. The highest BCUT2D eigenvalue weighted by Gasteiger charge is 2.03. The summed E-state index contributed by atoms with van der Waals surface area (Å²) >= 11 is 0. The smallest absolute Gasteiger partial charge is 0.145 e. The predicted octanol–water partition coefficient (Wildman–Crippen LogP) is 1.90. The highest BCUT2D eigenvalue weighted by molar-refractivity contribution is 5.75. The second-order valence-corrected chi connectivity index (χ2v) is 4.45. The van der Waals surface area contributed by atoms with Crippen LogP contribution in [0, 0.1) is 0 Å². The van der Waals surface area contributed by atoms with Gasteiger partial charge in [-0.3, -0.25) is 4.98 Å². The van der Waals surface area contributed by atoms with Crippen molar-refractivity contribution in [2.24, 2.45) is 0 Å². The van der Waals surface area contributed by atoms with Crippen LogP contribution in [-0.2, 0) is 13.0 Å². The fourth-order valence-electron chi connectivity index (χ4n) is 2.08. The summed E-state index contributed by atoms with van der Waals surface area (Å²) in [5, 5.41) is 11.3. The van der Waals surface area contributed by atoms with E-state index in [1.807, 2.05) is 28.8 Å². The van der Waals surface area contributed by atoms with Crippen LogP contribution < -0.4 is 5.32 Å². The molecule has 20 heavy (non-hydrogen) atoms. The lowest BCUT2D eigenvalue weighted by atomic mass is 10.3. The van der Waals surface area contributed by atoms with Crippen molar-refractivity contribution in [1.82, 2.24) is 24.7 Å². The fraction of sp³-hybridized carbons (Fsp3) is 0.286. The monoisotopic (exact) mass is 268 g/mol. The van der Waals surface area contributed by atoms with Crippen molar-refractivity contribution >= 4 is 16.9 Å². The van der Waals surface area contributed by atoms with Crippen LogP contribution in [0.5, 0.6) is 0 Å². The summed E-state index contributed by atoms with van der Waals surface area (Å²) in [7, 11) is 0. The van der Waals surface area contributed by atoms with Gasteiger partial charge in [-0.15, -0.1) is 10.2 Å². The van der Waals surface area contributed by atoms with Crippen LogP contribution in [0.4, 0.5) is 5.82 Å². The Kier molecular flexibility index (Phi) is 3.54. The molecule has 6 heteroatoms. The number of nitrogens with zero attached hydrogens (tertiary/aromatic N) is 5. The van der Waals surface area contributed by atoms with Crippen molar-refractivity contribution in [3.05, 3.63) is 42.6 Å². The maximum Gasteiger partial charge on any atom is 0.145 e. The molecule has 2 heterocycles. The minimum atomic E-state index is 0.756. The summed E-state index contributed by atoms with van der Waals surface area (Å²) in [5.74, 6) is 1.76. The fourth-order valence-corrected chi connectivity index (χ4v) is 2.08. The zero-order valence-electron chi connectivity index (χ0n) is 11.3. The van der Waals surface area contributed by atoms with Gasteiger partial charge in [0.2, 0.25) is 0 Å². The molecule has 0 saturated carbocycles. The molecular weight excluding hydrogens is 252 g/mol. The molecule has 0 spiro atoms. The number of rotatable bonds is 5. The third-order valence-electron chi connectivity index (χ3n) is 3.14. The number of anilines is 1. The number of nitrogens with one attached hydrogen (secondary N) is 1.